The van der Waals surface area contributed by atoms with Gasteiger partial charge in [-0.15, -0.1) is 11.3 Å². The van der Waals surface area contributed by atoms with E-state index < -0.39 is 0 Å². The van der Waals surface area contributed by atoms with Crippen molar-refractivity contribution < 1.29 is 9.53 Å². The number of ether oxygens (including phenoxy) is 1. The highest BCUT2D eigenvalue weighted by Gasteiger charge is 2.09. The normalized spacial score (nSPS) is 10.6. The van der Waals surface area contributed by atoms with Crippen molar-refractivity contribution in [3.63, 3.8) is 0 Å². The fraction of sp³-hybridized carbons (Fsp3) is 0.200. The molecule has 25 heavy (non-hydrogen) atoms. The van der Waals surface area contributed by atoms with E-state index in [-0.39, 0.29) is 5.78 Å². The molecular weight excluding hydrogens is 350 g/mol. The summed E-state index contributed by atoms with van der Waals surface area (Å²) in [6.07, 6.45) is 0. The first-order valence-electron chi connectivity index (χ1n) is 7.93. The van der Waals surface area contributed by atoms with E-state index in [1.165, 1.54) is 0 Å². The molecule has 0 saturated heterocycles. The molecule has 0 radical (unpaired) electrons. The van der Waals surface area contributed by atoms with Gasteiger partial charge in [0.15, 0.2) is 5.78 Å². The molecule has 1 heterocycles. The number of thioether (sulfide) groups is 1. The van der Waals surface area contributed by atoms with Gasteiger partial charge in [0.1, 0.15) is 10.8 Å². The van der Waals surface area contributed by atoms with Crippen LogP contribution in [-0.2, 0) is 11.5 Å². The molecule has 0 aliphatic carbocycles. The Balaban J connectivity index is 1.64. The summed E-state index contributed by atoms with van der Waals surface area (Å²) in [6, 6.07) is 15.8. The first-order chi connectivity index (χ1) is 12.2. The number of methoxy groups -OCH3 is 1. The highest BCUT2D eigenvalue weighted by atomic mass is 32.2. The highest BCUT2D eigenvalue weighted by Crippen LogP contribution is 2.29. The summed E-state index contributed by atoms with van der Waals surface area (Å²) in [5.74, 6) is 2.50. The van der Waals surface area contributed by atoms with Gasteiger partial charge in [-0.2, -0.15) is 11.8 Å². The number of carbonyl (C=O) groups is 1. The SMILES string of the molecule is COc1ccc(C(C)=O)cc1CSCc1csc(-c2ccccc2)n1. The first-order valence-corrected chi connectivity index (χ1v) is 9.96. The molecule has 3 nitrogen and oxygen atoms in total. The average Bonchev–Trinajstić information content (AvgIpc) is 3.11. The minimum atomic E-state index is 0.0703. The molecule has 2 aromatic carbocycles. The van der Waals surface area contributed by atoms with Crippen LogP contribution in [0.4, 0.5) is 0 Å². The van der Waals surface area contributed by atoms with Crippen molar-refractivity contribution in [2.24, 2.45) is 0 Å². The van der Waals surface area contributed by atoms with Crippen molar-refractivity contribution in [2.75, 3.05) is 7.11 Å². The number of Topliss-reactive ketones (excluding diaryl/α,β-unsaturated/α-hetero) is 1. The number of nitrogens with zero attached hydrogens (tertiary/aromatic N) is 1. The maximum atomic E-state index is 11.6. The topological polar surface area (TPSA) is 39.2 Å². The number of benzene rings is 2. The Morgan fingerprint density at radius 1 is 1.16 bits per heavy atom. The molecule has 128 valence electrons. The van der Waals surface area contributed by atoms with Gasteiger partial charge < -0.3 is 4.74 Å². The Morgan fingerprint density at radius 2 is 1.96 bits per heavy atom. The zero-order chi connectivity index (χ0) is 17.6. The van der Waals surface area contributed by atoms with E-state index >= 15 is 0 Å². The van der Waals surface area contributed by atoms with Gasteiger partial charge >= 0.3 is 0 Å². The van der Waals surface area contributed by atoms with Crippen molar-refractivity contribution in [3.8, 4) is 16.3 Å². The summed E-state index contributed by atoms with van der Waals surface area (Å²) in [4.78, 5) is 16.3. The molecule has 0 aliphatic rings. The number of hydrogen-bond donors (Lipinski definition) is 0. The standard InChI is InChI=1S/C20H19NO2S2/c1-14(22)16-8-9-19(23-2)17(10-16)11-24-12-18-13-25-20(21-18)15-6-4-3-5-7-15/h3-10,13H,11-12H2,1-2H3. The van der Waals surface area contributed by atoms with E-state index in [0.29, 0.717) is 0 Å². The lowest BCUT2D eigenvalue weighted by molar-refractivity contribution is 0.101. The van der Waals surface area contributed by atoms with Crippen LogP contribution in [0.3, 0.4) is 0 Å². The van der Waals surface area contributed by atoms with Crippen molar-refractivity contribution in [3.05, 3.63) is 70.7 Å². The second-order valence-corrected chi connectivity index (χ2v) is 7.43. The Morgan fingerprint density at radius 3 is 2.68 bits per heavy atom. The number of aromatic nitrogens is 1. The Bertz CT molecular complexity index is 859. The van der Waals surface area contributed by atoms with Crippen molar-refractivity contribution in [2.45, 2.75) is 18.4 Å². The van der Waals surface area contributed by atoms with Gasteiger partial charge in [-0.05, 0) is 25.1 Å². The molecule has 0 N–H and O–H groups in total. The van der Waals surface area contributed by atoms with Gasteiger partial charge in [-0.3, -0.25) is 4.79 Å². The van der Waals surface area contributed by atoms with Crippen LogP contribution >= 0.6 is 23.1 Å². The van der Waals surface area contributed by atoms with Crippen LogP contribution in [0.25, 0.3) is 10.6 Å². The lowest BCUT2D eigenvalue weighted by Gasteiger charge is -2.09. The van der Waals surface area contributed by atoms with E-state index in [4.69, 9.17) is 9.72 Å². The van der Waals surface area contributed by atoms with E-state index in [1.54, 1.807) is 37.1 Å². The summed E-state index contributed by atoms with van der Waals surface area (Å²) in [5, 5.41) is 3.16. The number of carbonyl (C=O) groups excluding carboxylic acids is 1. The summed E-state index contributed by atoms with van der Waals surface area (Å²) in [7, 11) is 1.66. The molecule has 3 rings (SSSR count). The van der Waals surface area contributed by atoms with Crippen LogP contribution in [0, 0.1) is 0 Å². The van der Waals surface area contributed by atoms with Crippen molar-refractivity contribution >= 4 is 28.9 Å². The number of ketones is 1. The molecule has 3 aromatic rings. The van der Waals surface area contributed by atoms with E-state index in [2.05, 4.69) is 17.5 Å². The zero-order valence-electron chi connectivity index (χ0n) is 14.2. The van der Waals surface area contributed by atoms with Gasteiger partial charge in [0.25, 0.3) is 0 Å². The molecule has 0 unspecified atom stereocenters. The molecule has 5 heteroatoms. The zero-order valence-corrected chi connectivity index (χ0v) is 15.8. The molecule has 0 fully saturated rings. The minimum absolute atomic E-state index is 0.0703. The third-order valence-corrected chi connectivity index (χ3v) is 5.72. The fourth-order valence-electron chi connectivity index (χ4n) is 2.46. The van der Waals surface area contributed by atoms with Crippen LogP contribution in [0.1, 0.15) is 28.5 Å². The summed E-state index contributed by atoms with van der Waals surface area (Å²) >= 11 is 3.44. The molecule has 0 atom stereocenters. The molecule has 0 amide bonds. The number of rotatable bonds is 7. The Hall–Kier alpha value is -2.11. The second kappa shape index (κ2) is 8.32. The monoisotopic (exact) mass is 369 g/mol. The van der Waals surface area contributed by atoms with Crippen LogP contribution in [0.15, 0.2) is 53.9 Å². The van der Waals surface area contributed by atoms with Crippen LogP contribution in [-0.4, -0.2) is 17.9 Å². The Labute approximate surface area is 156 Å². The molecule has 0 bridgehead atoms. The van der Waals surface area contributed by atoms with Gasteiger partial charge in [-0.25, -0.2) is 4.98 Å². The fourth-order valence-corrected chi connectivity index (χ4v) is 4.30. The number of thiazole rings is 1. The van der Waals surface area contributed by atoms with Crippen LogP contribution in [0.2, 0.25) is 0 Å². The summed E-state index contributed by atoms with van der Waals surface area (Å²) < 4.78 is 5.41. The van der Waals surface area contributed by atoms with Crippen molar-refractivity contribution in [1.29, 1.82) is 0 Å². The smallest absolute Gasteiger partial charge is 0.159 e. The summed E-state index contributed by atoms with van der Waals surface area (Å²) in [5.41, 5.74) is 3.99. The molecule has 1 aromatic heterocycles. The van der Waals surface area contributed by atoms with Crippen molar-refractivity contribution in [1.82, 2.24) is 4.98 Å². The van der Waals surface area contributed by atoms with E-state index in [9.17, 15) is 4.79 Å². The minimum Gasteiger partial charge on any atom is -0.496 e. The van der Waals surface area contributed by atoms with Gasteiger partial charge in [0.05, 0.1) is 12.8 Å². The lowest BCUT2D eigenvalue weighted by atomic mass is 10.1. The van der Waals surface area contributed by atoms with E-state index in [1.807, 2.05) is 36.4 Å². The first kappa shape index (κ1) is 17.7. The predicted octanol–water partition coefficient (Wildman–Crippen LogP) is 5.45. The lowest BCUT2D eigenvalue weighted by Crippen LogP contribution is -1.97. The number of hydrogen-bond acceptors (Lipinski definition) is 5. The Kier molecular flexibility index (Phi) is 5.89. The molecule has 0 aliphatic heterocycles. The quantitative estimate of drug-likeness (QED) is 0.519. The third kappa shape index (κ3) is 4.50. The van der Waals surface area contributed by atoms with Crippen LogP contribution in [0.5, 0.6) is 5.75 Å². The molecule has 0 spiro atoms. The second-order valence-electron chi connectivity index (χ2n) is 5.59. The average molecular weight is 370 g/mol. The largest absolute Gasteiger partial charge is 0.496 e. The van der Waals surface area contributed by atoms with Gasteiger partial charge in [0.2, 0.25) is 0 Å². The van der Waals surface area contributed by atoms with Gasteiger partial charge in [-0.1, -0.05) is 30.3 Å². The highest BCUT2D eigenvalue weighted by molar-refractivity contribution is 7.97. The van der Waals surface area contributed by atoms with Gasteiger partial charge in [0, 0.05) is 33.6 Å². The van der Waals surface area contributed by atoms with E-state index in [0.717, 1.165) is 44.6 Å². The maximum absolute atomic E-state index is 11.6. The molecule has 0 saturated carbocycles. The third-order valence-electron chi connectivity index (χ3n) is 3.77. The molecular formula is C20H19NO2S2. The summed E-state index contributed by atoms with van der Waals surface area (Å²) in [6.45, 7) is 1.58. The predicted molar refractivity (Wildman–Crippen MR) is 106 cm³/mol. The maximum Gasteiger partial charge on any atom is 0.159 e. The van der Waals surface area contributed by atoms with Crippen LogP contribution < -0.4 is 4.74 Å².